The number of urea groups is 1. The van der Waals surface area contributed by atoms with Gasteiger partial charge < -0.3 is 9.80 Å². The van der Waals surface area contributed by atoms with Crippen molar-refractivity contribution in [2.75, 3.05) is 33.2 Å². The van der Waals surface area contributed by atoms with Gasteiger partial charge in [-0.25, -0.2) is 4.79 Å². The van der Waals surface area contributed by atoms with Gasteiger partial charge in [-0.3, -0.25) is 4.90 Å². The third kappa shape index (κ3) is 1.83. The topological polar surface area (TPSA) is 26.8 Å². The van der Waals surface area contributed by atoms with Crippen LogP contribution in [0.4, 0.5) is 4.79 Å². The summed E-state index contributed by atoms with van der Waals surface area (Å²) in [5, 5.41) is 0. The van der Waals surface area contributed by atoms with E-state index in [2.05, 4.69) is 25.7 Å². The lowest BCUT2D eigenvalue weighted by atomic mass is 10.0. The Balaban J connectivity index is 2.06. The van der Waals surface area contributed by atoms with Gasteiger partial charge in [-0.1, -0.05) is 0 Å². The van der Waals surface area contributed by atoms with Crippen molar-refractivity contribution in [3.8, 4) is 0 Å². The summed E-state index contributed by atoms with van der Waals surface area (Å²) in [4.78, 5) is 18.0. The SMILES string of the molecule is CN1C[C@@H]2CN(C(C)(C)C)CCN2C1=O. The molecule has 0 saturated carbocycles. The van der Waals surface area contributed by atoms with Crippen LogP contribution in [0.15, 0.2) is 0 Å². The number of piperazine rings is 1. The molecule has 2 aliphatic rings. The second kappa shape index (κ2) is 3.37. The molecule has 2 heterocycles. The predicted molar refractivity (Wildman–Crippen MR) is 59.8 cm³/mol. The second-order valence-electron chi connectivity index (χ2n) is 5.63. The molecule has 1 atom stereocenters. The number of nitrogens with zero attached hydrogens (tertiary/aromatic N) is 3. The molecule has 0 aromatic heterocycles. The van der Waals surface area contributed by atoms with Crippen molar-refractivity contribution < 1.29 is 4.79 Å². The van der Waals surface area contributed by atoms with E-state index in [1.807, 2.05) is 16.8 Å². The fourth-order valence-corrected chi connectivity index (χ4v) is 2.49. The number of fused-ring (bicyclic) bond motifs is 1. The number of amides is 2. The predicted octanol–water partition coefficient (Wildman–Crippen LogP) is 0.836. The molecule has 0 aliphatic carbocycles. The monoisotopic (exact) mass is 211 g/mol. The summed E-state index contributed by atoms with van der Waals surface area (Å²) < 4.78 is 0. The minimum atomic E-state index is 0.202. The largest absolute Gasteiger partial charge is 0.326 e. The van der Waals surface area contributed by atoms with Gasteiger partial charge in [-0.2, -0.15) is 0 Å². The van der Waals surface area contributed by atoms with Gasteiger partial charge in [0.05, 0.1) is 6.04 Å². The molecule has 4 heteroatoms. The minimum Gasteiger partial charge on any atom is -0.326 e. The Hall–Kier alpha value is -0.770. The summed E-state index contributed by atoms with van der Waals surface area (Å²) in [5.41, 5.74) is 0.219. The van der Waals surface area contributed by atoms with E-state index in [0.29, 0.717) is 6.04 Å². The van der Waals surface area contributed by atoms with E-state index in [1.165, 1.54) is 0 Å². The summed E-state index contributed by atoms with van der Waals surface area (Å²) in [6, 6.07) is 0.601. The highest BCUT2D eigenvalue weighted by Gasteiger charge is 2.40. The number of hydrogen-bond donors (Lipinski definition) is 0. The second-order valence-corrected chi connectivity index (χ2v) is 5.63. The number of likely N-dealkylation sites (N-methyl/N-ethyl adjacent to an activating group) is 1. The summed E-state index contributed by atoms with van der Waals surface area (Å²) in [7, 11) is 1.89. The van der Waals surface area contributed by atoms with Crippen LogP contribution in [0.3, 0.4) is 0 Å². The Morgan fingerprint density at radius 1 is 1.20 bits per heavy atom. The van der Waals surface area contributed by atoms with E-state index in [1.54, 1.807) is 0 Å². The van der Waals surface area contributed by atoms with Gasteiger partial charge in [0.2, 0.25) is 0 Å². The van der Waals surface area contributed by atoms with Crippen LogP contribution < -0.4 is 0 Å². The van der Waals surface area contributed by atoms with Gasteiger partial charge in [-0.15, -0.1) is 0 Å². The van der Waals surface area contributed by atoms with Gasteiger partial charge in [0.1, 0.15) is 0 Å². The fourth-order valence-electron chi connectivity index (χ4n) is 2.49. The highest BCUT2D eigenvalue weighted by atomic mass is 16.2. The highest BCUT2D eigenvalue weighted by Crippen LogP contribution is 2.23. The summed E-state index contributed by atoms with van der Waals surface area (Å²) in [5.74, 6) is 0. The zero-order chi connectivity index (χ0) is 11.2. The molecule has 2 fully saturated rings. The quantitative estimate of drug-likeness (QED) is 0.593. The van der Waals surface area contributed by atoms with Crippen LogP contribution in [0.5, 0.6) is 0 Å². The van der Waals surface area contributed by atoms with Crippen molar-refractivity contribution in [3.05, 3.63) is 0 Å². The molecular formula is C11H21N3O. The summed E-state index contributed by atoms with van der Waals surface area (Å²) in [6.45, 7) is 10.5. The van der Waals surface area contributed by atoms with E-state index in [4.69, 9.17) is 0 Å². The number of rotatable bonds is 0. The lowest BCUT2D eigenvalue weighted by molar-refractivity contribution is 0.0558. The van der Waals surface area contributed by atoms with Crippen LogP contribution in [0.2, 0.25) is 0 Å². The molecule has 15 heavy (non-hydrogen) atoms. The number of hydrogen-bond acceptors (Lipinski definition) is 2. The van der Waals surface area contributed by atoms with Crippen molar-refractivity contribution in [2.45, 2.75) is 32.4 Å². The van der Waals surface area contributed by atoms with Crippen LogP contribution >= 0.6 is 0 Å². The van der Waals surface area contributed by atoms with Crippen molar-refractivity contribution >= 4 is 6.03 Å². The van der Waals surface area contributed by atoms with Gasteiger partial charge in [0.15, 0.2) is 0 Å². The van der Waals surface area contributed by atoms with Crippen LogP contribution in [0.25, 0.3) is 0 Å². The average Bonchev–Trinajstić information content (AvgIpc) is 2.41. The first kappa shape index (κ1) is 10.7. The van der Waals surface area contributed by atoms with Gasteiger partial charge in [-0.05, 0) is 20.8 Å². The Morgan fingerprint density at radius 2 is 1.87 bits per heavy atom. The molecule has 0 N–H and O–H groups in total. The molecule has 2 rings (SSSR count). The van der Waals surface area contributed by atoms with E-state index in [9.17, 15) is 4.79 Å². The molecular weight excluding hydrogens is 190 g/mol. The Bertz CT molecular complexity index is 271. The molecule has 0 aromatic rings. The molecule has 0 unspecified atom stereocenters. The number of carbonyl (C=O) groups is 1. The van der Waals surface area contributed by atoms with Crippen molar-refractivity contribution in [3.63, 3.8) is 0 Å². The van der Waals surface area contributed by atoms with Crippen LogP contribution in [0, 0.1) is 0 Å². The van der Waals surface area contributed by atoms with Crippen LogP contribution in [-0.2, 0) is 0 Å². The molecule has 4 nitrogen and oxygen atoms in total. The first-order valence-corrected chi connectivity index (χ1v) is 5.66. The Labute approximate surface area is 91.8 Å². The molecule has 0 aromatic carbocycles. The first-order valence-electron chi connectivity index (χ1n) is 5.66. The molecule has 0 radical (unpaired) electrons. The summed E-state index contributed by atoms with van der Waals surface area (Å²) >= 11 is 0. The molecule has 0 spiro atoms. The third-order valence-electron chi connectivity index (χ3n) is 3.49. The molecule has 2 saturated heterocycles. The van der Waals surface area contributed by atoms with Crippen LogP contribution in [0.1, 0.15) is 20.8 Å². The average molecular weight is 211 g/mol. The Morgan fingerprint density at radius 3 is 2.47 bits per heavy atom. The molecule has 2 amide bonds. The van der Waals surface area contributed by atoms with Crippen molar-refractivity contribution in [1.82, 2.24) is 14.7 Å². The van der Waals surface area contributed by atoms with Gasteiger partial charge in [0.25, 0.3) is 0 Å². The van der Waals surface area contributed by atoms with Crippen molar-refractivity contribution in [2.24, 2.45) is 0 Å². The summed E-state index contributed by atoms with van der Waals surface area (Å²) in [6.07, 6.45) is 0. The zero-order valence-electron chi connectivity index (χ0n) is 10.2. The van der Waals surface area contributed by atoms with E-state index >= 15 is 0 Å². The maximum atomic E-state index is 11.7. The van der Waals surface area contributed by atoms with E-state index in [-0.39, 0.29) is 11.6 Å². The standard InChI is InChI=1S/C11H21N3O/c1-11(2,3)13-5-6-14-9(8-13)7-12(4)10(14)15/h9H,5-8H2,1-4H3/t9-/m1/s1. The molecule has 2 aliphatic heterocycles. The first-order chi connectivity index (χ1) is 6.89. The minimum absolute atomic E-state index is 0.202. The lowest BCUT2D eigenvalue weighted by Gasteiger charge is -2.43. The lowest BCUT2D eigenvalue weighted by Crippen LogP contribution is -2.57. The van der Waals surface area contributed by atoms with E-state index < -0.39 is 0 Å². The third-order valence-corrected chi connectivity index (χ3v) is 3.49. The molecule has 0 bridgehead atoms. The fraction of sp³-hybridized carbons (Fsp3) is 0.909. The molecule has 86 valence electrons. The maximum absolute atomic E-state index is 11.7. The van der Waals surface area contributed by atoms with Crippen LogP contribution in [-0.4, -0.2) is 65.5 Å². The number of carbonyl (C=O) groups excluding carboxylic acids is 1. The normalized spacial score (nSPS) is 28.5. The van der Waals surface area contributed by atoms with Gasteiger partial charge in [0, 0.05) is 38.8 Å². The zero-order valence-corrected chi connectivity index (χ0v) is 10.2. The smallest absolute Gasteiger partial charge is 0.320 e. The highest BCUT2D eigenvalue weighted by molar-refractivity contribution is 5.77. The van der Waals surface area contributed by atoms with E-state index in [0.717, 1.165) is 26.2 Å². The van der Waals surface area contributed by atoms with Crippen molar-refractivity contribution in [1.29, 1.82) is 0 Å². The van der Waals surface area contributed by atoms with Gasteiger partial charge >= 0.3 is 6.03 Å². The Kier molecular flexibility index (Phi) is 2.41. The maximum Gasteiger partial charge on any atom is 0.320 e.